The zero-order chi connectivity index (χ0) is 17.9. The van der Waals surface area contributed by atoms with Gasteiger partial charge < -0.3 is 9.73 Å². The monoisotopic (exact) mass is 345 g/mol. The zero-order valence-corrected chi connectivity index (χ0v) is 13.0. The molecular weight excluding hydrogens is 331 g/mol. The lowest BCUT2D eigenvalue weighted by Crippen LogP contribution is -2.29. The van der Waals surface area contributed by atoms with E-state index in [1.54, 1.807) is 12.1 Å². The van der Waals surface area contributed by atoms with Crippen molar-refractivity contribution in [3.8, 4) is 0 Å². The molecule has 3 rings (SSSR count). The van der Waals surface area contributed by atoms with Gasteiger partial charge in [-0.1, -0.05) is 30.3 Å². The summed E-state index contributed by atoms with van der Waals surface area (Å²) >= 11 is 0. The van der Waals surface area contributed by atoms with Gasteiger partial charge in [0, 0.05) is 5.56 Å². The Labute approximate surface area is 142 Å². The molecule has 0 spiro atoms. The first-order valence-electron chi connectivity index (χ1n) is 7.51. The predicted molar refractivity (Wildman–Crippen MR) is 85.9 cm³/mol. The molecule has 128 valence electrons. The standard InChI is InChI=1S/C19H14F3NO2/c20-19(21,22)15-10-8-14(9-11-15)18(24)23-17(16-7-4-12-25-16)13-5-2-1-3-6-13/h1-12,17H,(H,23,24)/t17-/m1/s1. The molecule has 3 nitrogen and oxygen atoms in total. The topological polar surface area (TPSA) is 42.2 Å². The summed E-state index contributed by atoms with van der Waals surface area (Å²) < 4.78 is 43.3. The summed E-state index contributed by atoms with van der Waals surface area (Å²) in [6.07, 6.45) is -2.94. The Morgan fingerprint density at radius 3 is 2.16 bits per heavy atom. The van der Waals surface area contributed by atoms with Crippen LogP contribution in [0.3, 0.4) is 0 Å². The molecule has 0 aliphatic heterocycles. The van der Waals surface area contributed by atoms with Crippen molar-refractivity contribution in [2.24, 2.45) is 0 Å². The second-order valence-corrected chi connectivity index (χ2v) is 5.41. The minimum absolute atomic E-state index is 0.139. The number of benzene rings is 2. The Balaban J connectivity index is 1.84. The van der Waals surface area contributed by atoms with Crippen molar-refractivity contribution in [2.75, 3.05) is 0 Å². The Morgan fingerprint density at radius 1 is 0.920 bits per heavy atom. The SMILES string of the molecule is O=C(N[C@H](c1ccccc1)c1ccco1)c1ccc(C(F)(F)F)cc1. The Bertz CT molecular complexity index is 825. The summed E-state index contributed by atoms with van der Waals surface area (Å²) in [6, 6.07) is 16.2. The maximum Gasteiger partial charge on any atom is 0.416 e. The lowest BCUT2D eigenvalue weighted by atomic mass is 10.0. The Hall–Kier alpha value is -3.02. The van der Waals surface area contributed by atoms with E-state index in [1.165, 1.54) is 6.26 Å². The molecule has 0 aliphatic carbocycles. The van der Waals surface area contributed by atoms with Gasteiger partial charge in [-0.15, -0.1) is 0 Å². The van der Waals surface area contributed by atoms with Crippen molar-refractivity contribution < 1.29 is 22.4 Å². The summed E-state index contributed by atoms with van der Waals surface area (Å²) in [5, 5.41) is 2.80. The van der Waals surface area contributed by atoms with Crippen LogP contribution in [0.2, 0.25) is 0 Å². The van der Waals surface area contributed by atoms with Gasteiger partial charge in [0.2, 0.25) is 0 Å². The number of hydrogen-bond acceptors (Lipinski definition) is 2. The minimum Gasteiger partial charge on any atom is -0.467 e. The van der Waals surface area contributed by atoms with E-state index < -0.39 is 23.7 Å². The minimum atomic E-state index is -4.43. The molecule has 0 fully saturated rings. The normalized spacial score (nSPS) is 12.6. The lowest BCUT2D eigenvalue weighted by Gasteiger charge is -2.17. The van der Waals surface area contributed by atoms with E-state index in [2.05, 4.69) is 5.32 Å². The highest BCUT2D eigenvalue weighted by Crippen LogP contribution is 2.29. The van der Waals surface area contributed by atoms with E-state index in [4.69, 9.17) is 4.42 Å². The summed E-state index contributed by atoms with van der Waals surface area (Å²) in [5.74, 6) is 0.0467. The van der Waals surface area contributed by atoms with Crippen LogP contribution in [0.25, 0.3) is 0 Å². The molecule has 0 bridgehead atoms. The van der Waals surface area contributed by atoms with Gasteiger partial charge in [-0.25, -0.2) is 0 Å². The number of furan rings is 1. The molecule has 1 atom stereocenters. The van der Waals surface area contributed by atoms with E-state index in [9.17, 15) is 18.0 Å². The van der Waals surface area contributed by atoms with Crippen molar-refractivity contribution in [1.29, 1.82) is 0 Å². The number of halogens is 3. The average Bonchev–Trinajstić information content (AvgIpc) is 3.14. The van der Waals surface area contributed by atoms with E-state index >= 15 is 0 Å². The van der Waals surface area contributed by atoms with E-state index in [0.717, 1.165) is 29.8 Å². The quantitative estimate of drug-likeness (QED) is 0.737. The molecule has 2 aromatic carbocycles. The van der Waals surface area contributed by atoms with Crippen LogP contribution in [0.5, 0.6) is 0 Å². The highest BCUT2D eigenvalue weighted by Gasteiger charge is 2.30. The number of rotatable bonds is 4. The number of carbonyl (C=O) groups excluding carboxylic acids is 1. The van der Waals surface area contributed by atoms with Gasteiger partial charge in [0.25, 0.3) is 5.91 Å². The van der Waals surface area contributed by atoms with Crippen LogP contribution in [0.4, 0.5) is 13.2 Å². The van der Waals surface area contributed by atoms with Crippen LogP contribution < -0.4 is 5.32 Å². The van der Waals surface area contributed by atoms with Gasteiger partial charge >= 0.3 is 6.18 Å². The second-order valence-electron chi connectivity index (χ2n) is 5.41. The third kappa shape index (κ3) is 3.91. The van der Waals surface area contributed by atoms with Crippen molar-refractivity contribution >= 4 is 5.91 Å². The largest absolute Gasteiger partial charge is 0.467 e. The van der Waals surface area contributed by atoms with Gasteiger partial charge in [-0.05, 0) is 42.0 Å². The molecule has 1 heterocycles. The first-order valence-corrected chi connectivity index (χ1v) is 7.51. The predicted octanol–water partition coefficient (Wildman–Crippen LogP) is 4.82. The Kier molecular flexibility index (Phi) is 4.61. The third-order valence-corrected chi connectivity index (χ3v) is 3.71. The maximum absolute atomic E-state index is 12.6. The van der Waals surface area contributed by atoms with Crippen molar-refractivity contribution in [1.82, 2.24) is 5.32 Å². The summed E-state index contributed by atoms with van der Waals surface area (Å²) in [5.41, 5.74) is 0.146. The number of amides is 1. The van der Waals surface area contributed by atoms with Gasteiger partial charge in [-0.3, -0.25) is 4.79 Å². The lowest BCUT2D eigenvalue weighted by molar-refractivity contribution is -0.137. The molecule has 0 saturated heterocycles. The fourth-order valence-electron chi connectivity index (χ4n) is 2.44. The summed E-state index contributed by atoms with van der Waals surface area (Å²) in [4.78, 5) is 12.5. The summed E-state index contributed by atoms with van der Waals surface area (Å²) in [7, 11) is 0. The smallest absolute Gasteiger partial charge is 0.416 e. The van der Waals surface area contributed by atoms with Crippen LogP contribution in [0.15, 0.2) is 77.4 Å². The van der Waals surface area contributed by atoms with Crippen molar-refractivity contribution in [3.63, 3.8) is 0 Å². The van der Waals surface area contributed by atoms with Crippen molar-refractivity contribution in [2.45, 2.75) is 12.2 Å². The first kappa shape index (κ1) is 16.8. The van der Waals surface area contributed by atoms with Crippen LogP contribution >= 0.6 is 0 Å². The maximum atomic E-state index is 12.6. The van der Waals surface area contributed by atoms with Gasteiger partial charge in [0.05, 0.1) is 11.8 Å². The fraction of sp³-hybridized carbons (Fsp3) is 0.105. The third-order valence-electron chi connectivity index (χ3n) is 3.71. The molecule has 1 aromatic heterocycles. The molecule has 0 unspecified atom stereocenters. The van der Waals surface area contributed by atoms with Crippen LogP contribution in [-0.4, -0.2) is 5.91 Å². The number of alkyl halides is 3. The van der Waals surface area contributed by atoms with Crippen LogP contribution in [0.1, 0.15) is 33.3 Å². The number of nitrogens with one attached hydrogen (secondary N) is 1. The zero-order valence-electron chi connectivity index (χ0n) is 13.0. The summed E-state index contributed by atoms with van der Waals surface area (Å²) in [6.45, 7) is 0. The molecule has 0 saturated carbocycles. The van der Waals surface area contributed by atoms with Gasteiger partial charge in [-0.2, -0.15) is 13.2 Å². The molecule has 1 N–H and O–H groups in total. The molecule has 3 aromatic rings. The fourth-order valence-corrected chi connectivity index (χ4v) is 2.44. The molecular formula is C19H14F3NO2. The highest BCUT2D eigenvalue weighted by atomic mass is 19.4. The van der Waals surface area contributed by atoms with Gasteiger partial charge in [0.1, 0.15) is 11.8 Å². The van der Waals surface area contributed by atoms with Crippen molar-refractivity contribution in [3.05, 3.63) is 95.4 Å². The molecule has 0 aliphatic rings. The van der Waals surface area contributed by atoms with Crippen LogP contribution in [-0.2, 0) is 6.18 Å². The van der Waals surface area contributed by atoms with Crippen LogP contribution in [0, 0.1) is 0 Å². The second kappa shape index (κ2) is 6.84. The highest BCUT2D eigenvalue weighted by molar-refractivity contribution is 5.94. The molecule has 1 amide bonds. The molecule has 25 heavy (non-hydrogen) atoms. The van der Waals surface area contributed by atoms with E-state index in [1.807, 2.05) is 30.3 Å². The number of carbonyl (C=O) groups is 1. The molecule has 0 radical (unpaired) electrons. The average molecular weight is 345 g/mol. The number of hydrogen-bond donors (Lipinski definition) is 1. The Morgan fingerprint density at radius 2 is 1.60 bits per heavy atom. The molecule has 6 heteroatoms. The van der Waals surface area contributed by atoms with Gasteiger partial charge in [0.15, 0.2) is 0 Å². The van der Waals surface area contributed by atoms with E-state index in [-0.39, 0.29) is 5.56 Å². The first-order chi connectivity index (χ1) is 11.9. The van der Waals surface area contributed by atoms with E-state index in [0.29, 0.717) is 5.76 Å².